The van der Waals surface area contributed by atoms with Crippen LogP contribution in [0.5, 0.6) is 0 Å². The van der Waals surface area contributed by atoms with Crippen LogP contribution in [-0.4, -0.2) is 18.0 Å². The van der Waals surface area contributed by atoms with E-state index in [-0.39, 0.29) is 28.2 Å². The molecule has 1 amide bonds. The number of carbonyl (C=O) groups excluding carboxylic acids is 1. The second kappa shape index (κ2) is 6.68. The van der Waals surface area contributed by atoms with E-state index in [0.29, 0.717) is 0 Å². The highest BCUT2D eigenvalue weighted by atomic mass is 79.9. The van der Waals surface area contributed by atoms with Gasteiger partial charge in [-0.15, -0.1) is 0 Å². The topological polar surface area (TPSA) is 41.1 Å². The summed E-state index contributed by atoms with van der Waals surface area (Å²) in [5, 5.41) is 5.50. The van der Waals surface area contributed by atoms with Gasteiger partial charge in [-0.3, -0.25) is 4.79 Å². The molecule has 0 saturated carbocycles. The van der Waals surface area contributed by atoms with Crippen LogP contribution in [0.2, 0.25) is 0 Å². The highest BCUT2D eigenvalue weighted by Crippen LogP contribution is 2.36. The first-order valence-electron chi connectivity index (χ1n) is 6.47. The van der Waals surface area contributed by atoms with E-state index >= 15 is 0 Å². The molecule has 0 heterocycles. The van der Waals surface area contributed by atoms with Crippen LogP contribution in [0.1, 0.15) is 32.8 Å². The number of hydrogen-bond donors (Lipinski definition) is 2. The lowest BCUT2D eigenvalue weighted by Gasteiger charge is -2.24. The normalized spacial score (nSPS) is 12.1. The number of nitrogens with one attached hydrogen (secondary N) is 2. The number of anilines is 1. The van der Waals surface area contributed by atoms with Gasteiger partial charge in [0.1, 0.15) is 0 Å². The van der Waals surface area contributed by atoms with Crippen molar-refractivity contribution in [3.05, 3.63) is 28.2 Å². The highest BCUT2D eigenvalue weighted by Gasteiger charge is 2.33. The molecule has 0 radical (unpaired) electrons. The van der Waals surface area contributed by atoms with E-state index < -0.39 is 11.7 Å². The van der Waals surface area contributed by atoms with Crippen LogP contribution in [-0.2, 0) is 11.0 Å². The average molecular weight is 367 g/mol. The van der Waals surface area contributed by atoms with Gasteiger partial charge in [0.25, 0.3) is 0 Å². The molecule has 118 valence electrons. The molecule has 0 bridgehead atoms. The lowest BCUT2D eigenvalue weighted by atomic mass is 10.0. The minimum Gasteiger partial charge on any atom is -0.376 e. The van der Waals surface area contributed by atoms with Gasteiger partial charge in [-0.1, -0.05) is 22.9 Å². The van der Waals surface area contributed by atoms with Crippen LogP contribution in [0.25, 0.3) is 0 Å². The van der Waals surface area contributed by atoms with Crippen LogP contribution >= 0.6 is 15.9 Å². The predicted octanol–water partition coefficient (Wildman–Crippen LogP) is 4.18. The number of rotatable bonds is 5. The molecule has 1 aromatic carbocycles. The summed E-state index contributed by atoms with van der Waals surface area (Å²) >= 11 is 2.87. The third kappa shape index (κ3) is 5.57. The van der Waals surface area contributed by atoms with Gasteiger partial charge < -0.3 is 10.6 Å². The molecule has 7 heteroatoms. The first kappa shape index (κ1) is 17.8. The molecule has 0 unspecified atom stereocenters. The maximum absolute atomic E-state index is 12.8. The summed E-state index contributed by atoms with van der Waals surface area (Å²) in [6.07, 6.45) is -3.68. The van der Waals surface area contributed by atoms with Crippen molar-refractivity contribution in [3.8, 4) is 0 Å². The lowest BCUT2D eigenvalue weighted by molar-refractivity contribution is -0.138. The third-order valence-corrected chi connectivity index (χ3v) is 3.78. The SMILES string of the molecule is CCC(C)(C)NC(=O)CNc1ccc(Br)c(C(F)(F)F)c1. The Labute approximate surface area is 130 Å². The molecular weight excluding hydrogens is 349 g/mol. The van der Waals surface area contributed by atoms with Crippen molar-refractivity contribution in [2.24, 2.45) is 0 Å². The van der Waals surface area contributed by atoms with E-state index in [0.717, 1.165) is 12.5 Å². The Kier molecular flexibility index (Phi) is 5.67. The molecule has 0 spiro atoms. The Morgan fingerprint density at radius 3 is 2.43 bits per heavy atom. The molecule has 0 aliphatic heterocycles. The molecule has 0 aliphatic rings. The second-order valence-electron chi connectivity index (χ2n) is 5.33. The second-order valence-corrected chi connectivity index (χ2v) is 6.19. The number of carbonyl (C=O) groups is 1. The Morgan fingerprint density at radius 1 is 1.29 bits per heavy atom. The number of alkyl halides is 3. The fraction of sp³-hybridized carbons (Fsp3) is 0.500. The number of amides is 1. The molecule has 0 saturated heterocycles. The van der Waals surface area contributed by atoms with Crippen molar-refractivity contribution >= 4 is 27.5 Å². The summed E-state index contributed by atoms with van der Waals surface area (Å²) < 4.78 is 38.2. The van der Waals surface area contributed by atoms with E-state index in [1.165, 1.54) is 12.1 Å². The van der Waals surface area contributed by atoms with Gasteiger partial charge in [-0.05, 0) is 38.5 Å². The van der Waals surface area contributed by atoms with E-state index in [9.17, 15) is 18.0 Å². The van der Waals surface area contributed by atoms with E-state index in [1.54, 1.807) is 0 Å². The number of hydrogen-bond acceptors (Lipinski definition) is 2. The fourth-order valence-corrected chi connectivity index (χ4v) is 2.02. The minimum absolute atomic E-state index is 0.0304. The van der Waals surface area contributed by atoms with Gasteiger partial charge in [0.15, 0.2) is 0 Å². The Balaban J connectivity index is 2.71. The fourth-order valence-electron chi connectivity index (χ4n) is 1.54. The zero-order valence-corrected chi connectivity index (χ0v) is 13.7. The zero-order chi connectivity index (χ0) is 16.3. The van der Waals surface area contributed by atoms with Crippen molar-refractivity contribution in [2.45, 2.75) is 38.9 Å². The van der Waals surface area contributed by atoms with Crippen molar-refractivity contribution in [1.29, 1.82) is 0 Å². The van der Waals surface area contributed by atoms with Crippen molar-refractivity contribution in [1.82, 2.24) is 5.32 Å². The van der Waals surface area contributed by atoms with Crippen LogP contribution in [0.3, 0.4) is 0 Å². The highest BCUT2D eigenvalue weighted by molar-refractivity contribution is 9.10. The molecule has 3 nitrogen and oxygen atoms in total. The number of benzene rings is 1. The summed E-state index contributed by atoms with van der Waals surface area (Å²) in [5.41, 5.74) is -0.868. The number of halogens is 4. The zero-order valence-electron chi connectivity index (χ0n) is 12.1. The molecule has 0 aromatic heterocycles. The average Bonchev–Trinajstić information content (AvgIpc) is 2.36. The largest absolute Gasteiger partial charge is 0.417 e. The van der Waals surface area contributed by atoms with Gasteiger partial charge in [-0.25, -0.2) is 0 Å². The van der Waals surface area contributed by atoms with Crippen molar-refractivity contribution in [3.63, 3.8) is 0 Å². The summed E-state index contributed by atoms with van der Waals surface area (Å²) in [5.74, 6) is -0.265. The van der Waals surface area contributed by atoms with Crippen LogP contribution in [0, 0.1) is 0 Å². The lowest BCUT2D eigenvalue weighted by Crippen LogP contribution is -2.45. The molecular formula is C14H18BrF3N2O. The maximum atomic E-state index is 12.8. The van der Waals surface area contributed by atoms with Gasteiger partial charge in [0.2, 0.25) is 5.91 Å². The van der Waals surface area contributed by atoms with Crippen LogP contribution in [0.4, 0.5) is 18.9 Å². The first-order chi connectivity index (χ1) is 9.55. The predicted molar refractivity (Wildman–Crippen MR) is 80.1 cm³/mol. The summed E-state index contributed by atoms with van der Waals surface area (Å²) in [4.78, 5) is 11.7. The van der Waals surface area contributed by atoms with E-state index in [4.69, 9.17) is 0 Å². The van der Waals surface area contributed by atoms with Gasteiger partial charge in [0.05, 0.1) is 12.1 Å². The van der Waals surface area contributed by atoms with Gasteiger partial charge in [-0.2, -0.15) is 13.2 Å². The third-order valence-electron chi connectivity index (χ3n) is 3.09. The molecule has 1 rings (SSSR count). The molecule has 1 aromatic rings. The maximum Gasteiger partial charge on any atom is 0.417 e. The Bertz CT molecular complexity index is 515. The van der Waals surface area contributed by atoms with Crippen molar-refractivity contribution in [2.75, 3.05) is 11.9 Å². The molecule has 2 N–H and O–H groups in total. The first-order valence-corrected chi connectivity index (χ1v) is 7.26. The summed E-state index contributed by atoms with van der Waals surface area (Å²) in [7, 11) is 0. The standard InChI is InChI=1S/C14H18BrF3N2O/c1-4-13(2,3)20-12(21)8-19-9-5-6-11(15)10(7-9)14(16,17)18/h5-7,19H,4,8H2,1-3H3,(H,20,21). The summed E-state index contributed by atoms with van der Waals surface area (Å²) in [6, 6.07) is 3.76. The smallest absolute Gasteiger partial charge is 0.376 e. The molecule has 21 heavy (non-hydrogen) atoms. The van der Waals surface area contributed by atoms with E-state index in [2.05, 4.69) is 26.6 Å². The quantitative estimate of drug-likeness (QED) is 0.820. The minimum atomic E-state index is -4.44. The van der Waals surface area contributed by atoms with Gasteiger partial charge >= 0.3 is 6.18 Å². The Morgan fingerprint density at radius 2 is 1.90 bits per heavy atom. The van der Waals surface area contributed by atoms with Crippen molar-refractivity contribution < 1.29 is 18.0 Å². The molecule has 0 atom stereocenters. The molecule has 0 aliphatic carbocycles. The van der Waals surface area contributed by atoms with Gasteiger partial charge in [0, 0.05) is 15.7 Å². The van der Waals surface area contributed by atoms with Crippen LogP contribution < -0.4 is 10.6 Å². The molecule has 0 fully saturated rings. The van der Waals surface area contributed by atoms with E-state index in [1.807, 2.05) is 20.8 Å². The summed E-state index contributed by atoms with van der Waals surface area (Å²) in [6.45, 7) is 5.62. The monoisotopic (exact) mass is 366 g/mol. The Hall–Kier alpha value is -1.24. The van der Waals surface area contributed by atoms with Crippen LogP contribution in [0.15, 0.2) is 22.7 Å².